The molecule has 2 heterocycles. The molecule has 3 aromatic rings. The lowest BCUT2D eigenvalue weighted by Gasteiger charge is -1.93. The van der Waals surface area contributed by atoms with Crippen LogP contribution in [0.4, 0.5) is 4.39 Å². The topological polar surface area (TPSA) is 54.7 Å². The summed E-state index contributed by atoms with van der Waals surface area (Å²) >= 11 is 0. The summed E-state index contributed by atoms with van der Waals surface area (Å²) in [7, 11) is 0. The van der Waals surface area contributed by atoms with Gasteiger partial charge in [0.25, 0.3) is 0 Å². The first-order valence-corrected chi connectivity index (χ1v) is 5.05. The fraction of sp³-hybridized carbons (Fsp3) is 0. The quantitative estimate of drug-likeness (QED) is 0.735. The molecule has 0 fully saturated rings. The molecule has 0 saturated heterocycles. The average molecular weight is 229 g/mol. The molecule has 1 N–H and O–H groups in total. The van der Waals surface area contributed by atoms with E-state index in [0.29, 0.717) is 11.5 Å². The molecule has 0 atom stereocenters. The smallest absolute Gasteiger partial charge is 0.185 e. The second-order valence-corrected chi connectivity index (χ2v) is 3.55. The van der Waals surface area contributed by atoms with Gasteiger partial charge in [-0.15, -0.1) is 0 Å². The first kappa shape index (κ1) is 9.77. The lowest BCUT2D eigenvalue weighted by atomic mass is 10.1. The van der Waals surface area contributed by atoms with Crippen LogP contribution in [0.5, 0.6) is 0 Å². The van der Waals surface area contributed by atoms with E-state index in [1.54, 1.807) is 30.5 Å². The molecule has 0 aliphatic carbocycles. The molecule has 0 bridgehead atoms. The van der Waals surface area contributed by atoms with E-state index in [1.807, 2.05) is 0 Å². The van der Waals surface area contributed by atoms with Crippen LogP contribution in [0.1, 0.15) is 0 Å². The highest BCUT2D eigenvalue weighted by Gasteiger charge is 2.09. The lowest BCUT2D eigenvalue weighted by molar-refractivity contribution is 0.433. The standard InChI is InChI=1S/C12H8FN3O/c13-9-3-1-8(2-4-9)11-7-12(17-16-11)10-5-6-14-15-10/h1-7H,(H,14,15). The van der Waals surface area contributed by atoms with E-state index in [-0.39, 0.29) is 5.82 Å². The predicted octanol–water partition coefficient (Wildman–Crippen LogP) is 2.87. The number of H-pyrrole nitrogens is 1. The highest BCUT2D eigenvalue weighted by atomic mass is 19.1. The maximum Gasteiger partial charge on any atom is 0.185 e. The molecule has 0 aliphatic rings. The average Bonchev–Trinajstić information content (AvgIpc) is 3.00. The van der Waals surface area contributed by atoms with E-state index in [4.69, 9.17) is 4.52 Å². The van der Waals surface area contributed by atoms with Crippen molar-refractivity contribution in [3.63, 3.8) is 0 Å². The zero-order valence-electron chi connectivity index (χ0n) is 8.72. The molecule has 0 saturated carbocycles. The van der Waals surface area contributed by atoms with Crippen LogP contribution in [0.2, 0.25) is 0 Å². The normalized spacial score (nSPS) is 10.6. The van der Waals surface area contributed by atoms with Crippen LogP contribution in [0, 0.1) is 5.82 Å². The molecule has 0 amide bonds. The molecule has 3 rings (SSSR count). The molecule has 0 radical (unpaired) electrons. The third kappa shape index (κ3) is 1.82. The number of halogens is 1. The third-order valence-electron chi connectivity index (χ3n) is 2.42. The van der Waals surface area contributed by atoms with Gasteiger partial charge in [-0.05, 0) is 30.3 Å². The van der Waals surface area contributed by atoms with E-state index >= 15 is 0 Å². The monoisotopic (exact) mass is 229 g/mol. The molecule has 0 unspecified atom stereocenters. The summed E-state index contributed by atoms with van der Waals surface area (Å²) in [4.78, 5) is 0. The Kier molecular flexibility index (Phi) is 2.22. The van der Waals surface area contributed by atoms with Gasteiger partial charge in [0.15, 0.2) is 5.76 Å². The molecule has 5 heteroatoms. The van der Waals surface area contributed by atoms with Gasteiger partial charge in [-0.3, -0.25) is 5.10 Å². The van der Waals surface area contributed by atoms with Gasteiger partial charge in [0, 0.05) is 17.8 Å². The van der Waals surface area contributed by atoms with Crippen molar-refractivity contribution in [2.45, 2.75) is 0 Å². The predicted molar refractivity (Wildman–Crippen MR) is 59.5 cm³/mol. The van der Waals surface area contributed by atoms with Gasteiger partial charge in [-0.25, -0.2) is 4.39 Å². The molecule has 0 spiro atoms. The van der Waals surface area contributed by atoms with Crippen LogP contribution in [-0.2, 0) is 0 Å². The highest BCUT2D eigenvalue weighted by Crippen LogP contribution is 2.24. The lowest BCUT2D eigenvalue weighted by Crippen LogP contribution is -1.77. The van der Waals surface area contributed by atoms with Crippen molar-refractivity contribution < 1.29 is 8.91 Å². The number of rotatable bonds is 2. The maximum atomic E-state index is 12.8. The summed E-state index contributed by atoms with van der Waals surface area (Å²) in [5.74, 6) is 0.327. The molecule has 84 valence electrons. The maximum absolute atomic E-state index is 12.8. The van der Waals surface area contributed by atoms with Gasteiger partial charge < -0.3 is 4.52 Å². The Hall–Kier alpha value is -2.43. The van der Waals surface area contributed by atoms with E-state index in [0.717, 1.165) is 11.3 Å². The summed E-state index contributed by atoms with van der Waals surface area (Å²) in [6.07, 6.45) is 1.63. The van der Waals surface area contributed by atoms with Crippen LogP contribution in [0.25, 0.3) is 22.7 Å². The molecule has 4 nitrogen and oxygen atoms in total. The Balaban J connectivity index is 1.98. The molecule has 0 aliphatic heterocycles. The van der Waals surface area contributed by atoms with Crippen LogP contribution in [0.15, 0.2) is 47.1 Å². The Bertz CT molecular complexity index is 614. The minimum absolute atomic E-state index is 0.272. The van der Waals surface area contributed by atoms with Gasteiger partial charge >= 0.3 is 0 Å². The SMILES string of the molecule is Fc1ccc(-c2cc(-c3ccn[nH]3)on2)cc1. The van der Waals surface area contributed by atoms with Gasteiger partial charge in [-0.1, -0.05) is 5.16 Å². The second-order valence-electron chi connectivity index (χ2n) is 3.55. The minimum Gasteiger partial charge on any atom is -0.354 e. The molecular formula is C12H8FN3O. The summed E-state index contributed by atoms with van der Waals surface area (Å²) in [5, 5.41) is 10.5. The van der Waals surface area contributed by atoms with Gasteiger partial charge in [0.05, 0.1) is 0 Å². The van der Waals surface area contributed by atoms with E-state index in [9.17, 15) is 4.39 Å². The van der Waals surface area contributed by atoms with Gasteiger partial charge in [-0.2, -0.15) is 5.10 Å². The Labute approximate surface area is 96.1 Å². The number of benzene rings is 1. The number of aromatic nitrogens is 3. The summed E-state index contributed by atoms with van der Waals surface area (Å²) in [5.41, 5.74) is 2.22. The van der Waals surface area contributed by atoms with Crippen LogP contribution >= 0.6 is 0 Å². The van der Waals surface area contributed by atoms with Crippen LogP contribution in [-0.4, -0.2) is 15.4 Å². The van der Waals surface area contributed by atoms with Crippen molar-refractivity contribution in [1.29, 1.82) is 0 Å². The Morgan fingerprint density at radius 1 is 1.12 bits per heavy atom. The largest absolute Gasteiger partial charge is 0.354 e. The molecule has 1 aromatic carbocycles. The Morgan fingerprint density at radius 3 is 2.65 bits per heavy atom. The van der Waals surface area contributed by atoms with Crippen molar-refractivity contribution in [3.05, 3.63) is 48.4 Å². The van der Waals surface area contributed by atoms with Crippen molar-refractivity contribution in [1.82, 2.24) is 15.4 Å². The number of nitrogens with zero attached hydrogens (tertiary/aromatic N) is 2. The van der Waals surface area contributed by atoms with Gasteiger partial charge in [0.1, 0.15) is 17.2 Å². The number of aromatic amines is 1. The van der Waals surface area contributed by atoms with Crippen molar-refractivity contribution >= 4 is 0 Å². The first-order valence-electron chi connectivity index (χ1n) is 5.05. The molecular weight excluding hydrogens is 221 g/mol. The Morgan fingerprint density at radius 2 is 1.94 bits per heavy atom. The fourth-order valence-corrected chi connectivity index (χ4v) is 1.55. The number of nitrogens with one attached hydrogen (secondary N) is 1. The summed E-state index contributed by atoms with van der Waals surface area (Å²) in [6.45, 7) is 0. The summed E-state index contributed by atoms with van der Waals surface area (Å²) < 4.78 is 18.0. The van der Waals surface area contributed by atoms with Crippen molar-refractivity contribution in [2.24, 2.45) is 0 Å². The first-order chi connectivity index (χ1) is 8.33. The van der Waals surface area contributed by atoms with Crippen molar-refractivity contribution in [3.8, 4) is 22.7 Å². The zero-order valence-corrected chi connectivity index (χ0v) is 8.72. The second kappa shape index (κ2) is 3.86. The van der Waals surface area contributed by atoms with Crippen molar-refractivity contribution in [2.75, 3.05) is 0 Å². The zero-order chi connectivity index (χ0) is 11.7. The van der Waals surface area contributed by atoms with E-state index < -0.39 is 0 Å². The number of hydrogen-bond acceptors (Lipinski definition) is 3. The summed E-state index contributed by atoms with van der Waals surface area (Å²) in [6, 6.07) is 9.66. The van der Waals surface area contributed by atoms with Gasteiger partial charge in [0.2, 0.25) is 0 Å². The fourth-order valence-electron chi connectivity index (χ4n) is 1.55. The third-order valence-corrected chi connectivity index (χ3v) is 2.42. The highest BCUT2D eigenvalue weighted by molar-refractivity contribution is 5.64. The number of hydrogen-bond donors (Lipinski definition) is 1. The van der Waals surface area contributed by atoms with Crippen LogP contribution < -0.4 is 0 Å². The molecule has 2 aromatic heterocycles. The van der Waals surface area contributed by atoms with E-state index in [1.165, 1.54) is 12.1 Å². The minimum atomic E-state index is -0.272. The van der Waals surface area contributed by atoms with Crippen LogP contribution in [0.3, 0.4) is 0 Å². The van der Waals surface area contributed by atoms with E-state index in [2.05, 4.69) is 15.4 Å². The molecule has 17 heavy (non-hydrogen) atoms.